The van der Waals surface area contributed by atoms with Gasteiger partial charge in [-0.3, -0.25) is 9.36 Å². The van der Waals surface area contributed by atoms with E-state index in [0.29, 0.717) is 17.0 Å². The average molecular weight is 403 g/mol. The molecule has 13 nitrogen and oxygen atoms in total. The van der Waals surface area contributed by atoms with Gasteiger partial charge in [-0.1, -0.05) is 6.92 Å². The summed E-state index contributed by atoms with van der Waals surface area (Å²) < 4.78 is 8.89. The number of nitrogens with one attached hydrogen (secondary N) is 1. The van der Waals surface area contributed by atoms with Gasteiger partial charge in [0.1, 0.15) is 30.4 Å². The number of fused-ring (bicyclic) bond motifs is 1. The van der Waals surface area contributed by atoms with Crippen molar-refractivity contribution in [2.75, 3.05) is 5.73 Å². The van der Waals surface area contributed by atoms with E-state index in [1.807, 2.05) is 11.5 Å². The first-order chi connectivity index (χ1) is 14.0. The van der Waals surface area contributed by atoms with Gasteiger partial charge in [0, 0.05) is 6.54 Å². The number of nitrogens with two attached hydrogens (primary N) is 1. The molecular weight excluding hydrogens is 382 g/mol. The average Bonchev–Trinajstić information content (AvgIpc) is 3.40. The van der Waals surface area contributed by atoms with Gasteiger partial charge in [0.05, 0.1) is 12.9 Å². The molecule has 3 aromatic rings. The van der Waals surface area contributed by atoms with Crippen LogP contribution in [0.3, 0.4) is 0 Å². The van der Waals surface area contributed by atoms with Crippen LogP contribution in [0, 0.1) is 0 Å². The summed E-state index contributed by atoms with van der Waals surface area (Å²) in [6, 6.07) is 0. The number of carbonyl (C=O) groups excluding carboxylic acids is 1. The van der Waals surface area contributed by atoms with Crippen molar-refractivity contribution in [3.63, 3.8) is 0 Å². The third kappa shape index (κ3) is 3.39. The lowest BCUT2D eigenvalue weighted by atomic mass is 10.1. The van der Waals surface area contributed by atoms with Crippen LogP contribution in [0.5, 0.6) is 0 Å². The van der Waals surface area contributed by atoms with E-state index in [4.69, 9.17) is 10.5 Å². The number of anilines is 1. The minimum atomic E-state index is -1.44. The van der Waals surface area contributed by atoms with Crippen LogP contribution in [0.15, 0.2) is 19.0 Å². The highest BCUT2D eigenvalue weighted by molar-refractivity contribution is 5.82. The highest BCUT2D eigenvalue weighted by Crippen LogP contribution is 2.32. The summed E-state index contributed by atoms with van der Waals surface area (Å²) in [5.41, 5.74) is 6.42. The maximum atomic E-state index is 12.6. The van der Waals surface area contributed by atoms with E-state index < -0.39 is 30.4 Å². The summed E-state index contributed by atoms with van der Waals surface area (Å²) in [6.45, 7) is 2.86. The number of aryl methyl sites for hydroxylation is 1. The van der Waals surface area contributed by atoms with Gasteiger partial charge in [-0.2, -0.15) is 0 Å². The fourth-order valence-electron chi connectivity index (χ4n) is 3.27. The maximum absolute atomic E-state index is 12.6. The Morgan fingerprint density at radius 3 is 2.90 bits per heavy atom. The van der Waals surface area contributed by atoms with Crippen molar-refractivity contribution in [3.05, 3.63) is 24.8 Å². The largest absolute Gasteiger partial charge is 0.387 e. The maximum Gasteiger partial charge on any atom is 0.252 e. The molecule has 1 amide bonds. The lowest BCUT2D eigenvalue weighted by Crippen LogP contribution is -2.42. The molecule has 1 aliphatic heterocycles. The predicted molar refractivity (Wildman–Crippen MR) is 97.8 cm³/mol. The molecular formula is C16H21N9O4. The SMILES string of the molecule is CCCn1cnnc1CNC(=O)[C@H]1O[C@@H](n2cnc3c(N)ncnc32)[C@H](O)[C@@H]1O. The monoisotopic (exact) mass is 403 g/mol. The molecule has 0 spiro atoms. The normalized spacial score (nSPS) is 24.2. The minimum absolute atomic E-state index is 0.115. The van der Waals surface area contributed by atoms with Gasteiger partial charge >= 0.3 is 0 Å². The first-order valence-corrected chi connectivity index (χ1v) is 9.10. The number of hydrogen-bond donors (Lipinski definition) is 4. The molecule has 1 fully saturated rings. The molecule has 154 valence electrons. The van der Waals surface area contributed by atoms with Crippen LogP contribution < -0.4 is 11.1 Å². The minimum Gasteiger partial charge on any atom is -0.387 e. The second-order valence-electron chi connectivity index (χ2n) is 6.67. The number of amides is 1. The van der Waals surface area contributed by atoms with Crippen molar-refractivity contribution in [1.29, 1.82) is 0 Å². The molecule has 0 aliphatic carbocycles. The predicted octanol–water partition coefficient (Wildman–Crippen LogP) is -1.65. The molecule has 1 aliphatic rings. The Kier molecular flexibility index (Phi) is 5.08. The quantitative estimate of drug-likeness (QED) is 0.372. The summed E-state index contributed by atoms with van der Waals surface area (Å²) in [5.74, 6) is 0.175. The van der Waals surface area contributed by atoms with E-state index in [0.717, 1.165) is 13.0 Å². The van der Waals surface area contributed by atoms with Crippen molar-refractivity contribution >= 4 is 22.9 Å². The highest BCUT2D eigenvalue weighted by Gasteiger charge is 2.47. The second kappa shape index (κ2) is 7.69. The van der Waals surface area contributed by atoms with Crippen LogP contribution >= 0.6 is 0 Å². The molecule has 13 heteroatoms. The number of aliphatic hydroxyl groups excluding tert-OH is 2. The standard InChI is InChI=1S/C16H21N9O4/c1-2-3-24-7-22-23-8(24)4-18-15(28)12-10(26)11(27)16(29-12)25-6-21-9-13(17)19-5-20-14(9)25/h5-7,10-12,16,26-27H,2-4H2,1H3,(H,18,28)(H2,17,19,20)/t10-,11+,12-,16+/m0/s1. The van der Waals surface area contributed by atoms with Gasteiger partial charge in [0.15, 0.2) is 29.6 Å². The second-order valence-corrected chi connectivity index (χ2v) is 6.67. The number of carbonyl (C=O) groups is 1. The van der Waals surface area contributed by atoms with Crippen LogP contribution in [0.1, 0.15) is 25.4 Å². The van der Waals surface area contributed by atoms with Gasteiger partial charge in [0.25, 0.3) is 5.91 Å². The molecule has 4 atom stereocenters. The van der Waals surface area contributed by atoms with Gasteiger partial charge < -0.3 is 30.6 Å². The molecule has 0 radical (unpaired) electrons. The van der Waals surface area contributed by atoms with Gasteiger partial charge in [-0.25, -0.2) is 15.0 Å². The van der Waals surface area contributed by atoms with Gasteiger partial charge in [-0.05, 0) is 6.42 Å². The zero-order chi connectivity index (χ0) is 20.5. The van der Waals surface area contributed by atoms with E-state index in [1.165, 1.54) is 17.2 Å². The molecule has 4 heterocycles. The number of imidazole rings is 1. The van der Waals surface area contributed by atoms with Crippen LogP contribution in [-0.4, -0.2) is 68.7 Å². The van der Waals surface area contributed by atoms with Gasteiger partial charge in [-0.15, -0.1) is 10.2 Å². The number of nitrogen functional groups attached to an aromatic ring is 1. The molecule has 29 heavy (non-hydrogen) atoms. The Hall–Kier alpha value is -3.16. The van der Waals surface area contributed by atoms with Crippen LogP contribution in [0.25, 0.3) is 11.2 Å². The summed E-state index contributed by atoms with van der Waals surface area (Å²) in [6.07, 6.45) is -0.0620. The van der Waals surface area contributed by atoms with Crippen molar-refractivity contribution in [1.82, 2.24) is 39.6 Å². The molecule has 1 saturated heterocycles. The first-order valence-electron chi connectivity index (χ1n) is 9.10. The summed E-state index contributed by atoms with van der Waals surface area (Å²) in [4.78, 5) is 24.6. The van der Waals surface area contributed by atoms with Crippen LogP contribution in [0.4, 0.5) is 5.82 Å². The van der Waals surface area contributed by atoms with Crippen LogP contribution in [0.2, 0.25) is 0 Å². The molecule has 0 bridgehead atoms. The molecule has 3 aromatic heterocycles. The van der Waals surface area contributed by atoms with E-state index in [-0.39, 0.29) is 12.4 Å². The van der Waals surface area contributed by atoms with E-state index in [1.54, 1.807) is 6.33 Å². The van der Waals surface area contributed by atoms with Crippen molar-refractivity contribution < 1.29 is 19.7 Å². The number of rotatable bonds is 6. The van der Waals surface area contributed by atoms with E-state index in [9.17, 15) is 15.0 Å². The zero-order valence-electron chi connectivity index (χ0n) is 15.6. The zero-order valence-corrected chi connectivity index (χ0v) is 15.6. The van der Waals surface area contributed by atoms with Crippen molar-refractivity contribution in [2.24, 2.45) is 0 Å². The highest BCUT2D eigenvalue weighted by atomic mass is 16.6. The molecule has 5 N–H and O–H groups in total. The lowest BCUT2D eigenvalue weighted by Gasteiger charge is -2.16. The third-order valence-electron chi connectivity index (χ3n) is 4.74. The van der Waals surface area contributed by atoms with Crippen molar-refractivity contribution in [3.8, 4) is 0 Å². The Morgan fingerprint density at radius 2 is 2.10 bits per heavy atom. The molecule has 0 unspecified atom stereocenters. The molecule has 0 aromatic carbocycles. The summed E-state index contributed by atoms with van der Waals surface area (Å²) in [7, 11) is 0. The fraction of sp³-hybridized carbons (Fsp3) is 0.500. The Labute approximate surface area is 164 Å². The lowest BCUT2D eigenvalue weighted by molar-refractivity contribution is -0.137. The van der Waals surface area contributed by atoms with E-state index >= 15 is 0 Å². The number of aromatic nitrogens is 7. The Morgan fingerprint density at radius 1 is 1.28 bits per heavy atom. The van der Waals surface area contributed by atoms with Crippen molar-refractivity contribution in [2.45, 2.75) is 51.0 Å². The number of nitrogens with zero attached hydrogens (tertiary/aromatic N) is 7. The molecule has 0 saturated carbocycles. The molecule has 4 rings (SSSR count). The summed E-state index contributed by atoms with van der Waals surface area (Å²) >= 11 is 0. The fourth-order valence-corrected chi connectivity index (χ4v) is 3.27. The Balaban J connectivity index is 1.48. The third-order valence-corrected chi connectivity index (χ3v) is 4.74. The Bertz CT molecular complexity index is 1020. The number of ether oxygens (including phenoxy) is 1. The van der Waals surface area contributed by atoms with Gasteiger partial charge in [0.2, 0.25) is 0 Å². The van der Waals surface area contributed by atoms with E-state index in [2.05, 4.69) is 30.5 Å². The smallest absolute Gasteiger partial charge is 0.252 e. The topological polar surface area (TPSA) is 179 Å². The number of hydrogen-bond acceptors (Lipinski definition) is 10. The first kappa shape index (κ1) is 19.2. The number of aliphatic hydroxyl groups is 2. The summed E-state index contributed by atoms with van der Waals surface area (Å²) in [5, 5.41) is 31.3. The van der Waals surface area contributed by atoms with Crippen LogP contribution in [-0.2, 0) is 22.6 Å².